The van der Waals surface area contributed by atoms with Gasteiger partial charge in [0, 0.05) is 17.0 Å². The minimum absolute atomic E-state index is 0.362. The first-order valence-electron chi connectivity index (χ1n) is 8.76. The zero-order chi connectivity index (χ0) is 18.8. The van der Waals surface area contributed by atoms with Crippen molar-refractivity contribution < 1.29 is 9.53 Å². The molecule has 0 aliphatic carbocycles. The first-order chi connectivity index (χ1) is 13.2. The lowest BCUT2D eigenvalue weighted by Crippen LogP contribution is -2.03. The number of pyridine rings is 2. The predicted octanol–water partition coefficient (Wildman–Crippen LogP) is 3.94. The Kier molecular flexibility index (Phi) is 4.42. The Hall–Kier alpha value is -3.47. The number of nitrogens with zero attached hydrogens (tertiary/aromatic N) is 2. The smallest absolute Gasteiger partial charge is 0.337 e. The molecule has 0 fully saturated rings. The molecule has 2 heterocycles. The summed E-state index contributed by atoms with van der Waals surface area (Å²) in [6, 6.07) is 17.7. The number of anilines is 1. The molecular formula is C22H19N3O2. The van der Waals surface area contributed by atoms with E-state index in [1.807, 2.05) is 30.3 Å². The summed E-state index contributed by atoms with van der Waals surface area (Å²) >= 11 is 0. The number of carbonyl (C=O) groups excluding carboxylic acids is 1. The van der Waals surface area contributed by atoms with Crippen molar-refractivity contribution >= 4 is 33.6 Å². The topological polar surface area (TPSA) is 78.1 Å². The summed E-state index contributed by atoms with van der Waals surface area (Å²) in [6.45, 7) is 0. The number of nitrogen functional groups attached to an aromatic ring is 1. The van der Waals surface area contributed by atoms with Crippen molar-refractivity contribution in [2.45, 2.75) is 12.8 Å². The summed E-state index contributed by atoms with van der Waals surface area (Å²) in [7, 11) is 1.36. The first kappa shape index (κ1) is 17.0. The van der Waals surface area contributed by atoms with E-state index in [0.29, 0.717) is 22.4 Å². The average Bonchev–Trinajstić information content (AvgIpc) is 2.72. The lowest BCUT2D eigenvalue weighted by atomic mass is 9.98. The lowest BCUT2D eigenvalue weighted by molar-refractivity contribution is 0.0601. The van der Waals surface area contributed by atoms with E-state index >= 15 is 0 Å². The van der Waals surface area contributed by atoms with E-state index in [4.69, 9.17) is 10.5 Å². The molecule has 5 nitrogen and oxygen atoms in total. The van der Waals surface area contributed by atoms with Gasteiger partial charge in [0.2, 0.25) is 0 Å². The molecule has 0 spiro atoms. The van der Waals surface area contributed by atoms with Gasteiger partial charge in [-0.15, -0.1) is 0 Å². The lowest BCUT2D eigenvalue weighted by Gasteiger charge is -2.11. The molecule has 134 valence electrons. The number of nitrogens with two attached hydrogens (primary N) is 1. The van der Waals surface area contributed by atoms with Crippen LogP contribution in [-0.2, 0) is 17.6 Å². The van der Waals surface area contributed by atoms with Crippen molar-refractivity contribution in [2.75, 3.05) is 12.8 Å². The van der Waals surface area contributed by atoms with Crippen molar-refractivity contribution in [3.63, 3.8) is 0 Å². The van der Waals surface area contributed by atoms with Gasteiger partial charge in [-0.3, -0.25) is 4.98 Å². The van der Waals surface area contributed by atoms with Crippen LogP contribution in [0.25, 0.3) is 21.8 Å². The molecule has 4 aromatic rings. The fourth-order valence-electron chi connectivity index (χ4n) is 3.39. The molecule has 0 saturated carbocycles. The van der Waals surface area contributed by atoms with E-state index in [1.54, 1.807) is 18.3 Å². The van der Waals surface area contributed by atoms with Gasteiger partial charge in [0.15, 0.2) is 5.82 Å². The van der Waals surface area contributed by atoms with Gasteiger partial charge in [-0.05, 0) is 42.2 Å². The Balaban J connectivity index is 1.85. The van der Waals surface area contributed by atoms with Gasteiger partial charge in [0.1, 0.15) is 5.52 Å². The van der Waals surface area contributed by atoms with Crippen molar-refractivity contribution in [1.29, 1.82) is 0 Å². The molecule has 27 heavy (non-hydrogen) atoms. The quantitative estimate of drug-likeness (QED) is 0.442. The summed E-state index contributed by atoms with van der Waals surface area (Å²) in [5, 5.41) is 1.93. The summed E-state index contributed by atoms with van der Waals surface area (Å²) in [5.41, 5.74) is 10.4. The molecule has 0 saturated heterocycles. The Morgan fingerprint density at radius 1 is 1.07 bits per heavy atom. The highest BCUT2D eigenvalue weighted by Gasteiger charge is 2.14. The molecule has 5 heteroatoms. The molecule has 0 aliphatic rings. The zero-order valence-corrected chi connectivity index (χ0v) is 15.0. The van der Waals surface area contributed by atoms with Crippen molar-refractivity contribution in [2.24, 2.45) is 0 Å². The van der Waals surface area contributed by atoms with Crippen LogP contribution >= 0.6 is 0 Å². The van der Waals surface area contributed by atoms with E-state index in [1.165, 1.54) is 12.7 Å². The van der Waals surface area contributed by atoms with E-state index < -0.39 is 5.97 Å². The maximum absolute atomic E-state index is 11.8. The molecule has 0 bridgehead atoms. The largest absolute Gasteiger partial charge is 0.465 e. The number of hydrogen-bond donors (Lipinski definition) is 1. The summed E-state index contributed by atoms with van der Waals surface area (Å²) in [6.07, 6.45) is 3.56. The predicted molar refractivity (Wildman–Crippen MR) is 107 cm³/mol. The van der Waals surface area contributed by atoms with Gasteiger partial charge in [0.05, 0.1) is 18.2 Å². The number of carbonyl (C=O) groups is 1. The molecule has 0 radical (unpaired) electrons. The van der Waals surface area contributed by atoms with E-state index in [9.17, 15) is 4.79 Å². The third-order valence-corrected chi connectivity index (χ3v) is 4.73. The number of aryl methyl sites for hydroxylation is 2. The van der Waals surface area contributed by atoms with Gasteiger partial charge < -0.3 is 10.5 Å². The first-order valence-corrected chi connectivity index (χ1v) is 8.76. The molecule has 2 aromatic carbocycles. The number of rotatable bonds is 4. The maximum atomic E-state index is 11.8. The average molecular weight is 357 g/mol. The highest BCUT2D eigenvalue weighted by molar-refractivity contribution is 6.10. The molecule has 2 N–H and O–H groups in total. The van der Waals surface area contributed by atoms with Crippen LogP contribution < -0.4 is 5.73 Å². The van der Waals surface area contributed by atoms with Crippen LogP contribution in [0.15, 0.2) is 60.8 Å². The van der Waals surface area contributed by atoms with Crippen molar-refractivity contribution in [3.8, 4) is 0 Å². The van der Waals surface area contributed by atoms with Crippen molar-refractivity contribution in [1.82, 2.24) is 9.97 Å². The SMILES string of the molecule is COC(=O)c1ccc2c(c1)nc(N)c1nccc(CCc3ccccc3)c12. The number of aromatic nitrogens is 2. The summed E-state index contributed by atoms with van der Waals surface area (Å²) < 4.78 is 4.80. The number of methoxy groups -OCH3 is 1. The Bertz CT molecular complexity index is 1140. The molecule has 2 aromatic heterocycles. The molecular weight excluding hydrogens is 338 g/mol. The van der Waals surface area contributed by atoms with Crippen molar-refractivity contribution in [3.05, 3.63) is 77.5 Å². The van der Waals surface area contributed by atoms with Crippen LogP contribution in [0, 0.1) is 0 Å². The number of ether oxygens (including phenoxy) is 1. The number of hydrogen-bond acceptors (Lipinski definition) is 5. The van der Waals surface area contributed by atoms with Gasteiger partial charge in [-0.1, -0.05) is 36.4 Å². The van der Waals surface area contributed by atoms with Crippen LogP contribution in [0.2, 0.25) is 0 Å². The highest BCUT2D eigenvalue weighted by Crippen LogP contribution is 2.30. The fourth-order valence-corrected chi connectivity index (χ4v) is 3.39. The minimum atomic E-state index is -0.396. The van der Waals surface area contributed by atoms with Gasteiger partial charge >= 0.3 is 5.97 Å². The van der Waals surface area contributed by atoms with E-state index in [2.05, 4.69) is 22.1 Å². The minimum Gasteiger partial charge on any atom is -0.465 e. The standard InChI is InChI=1S/C22H19N3O2/c1-27-22(26)16-9-10-17-18(13-16)25-21(23)20-19(17)15(11-12-24-20)8-7-14-5-3-2-4-6-14/h2-6,9-13H,7-8H2,1H3,(H2,23,25). The Labute approximate surface area is 156 Å². The second-order valence-electron chi connectivity index (χ2n) is 6.40. The fraction of sp³-hybridized carbons (Fsp3) is 0.136. The maximum Gasteiger partial charge on any atom is 0.337 e. The van der Waals surface area contributed by atoms with Gasteiger partial charge in [-0.25, -0.2) is 9.78 Å². The zero-order valence-electron chi connectivity index (χ0n) is 15.0. The highest BCUT2D eigenvalue weighted by atomic mass is 16.5. The normalized spacial score (nSPS) is 11.0. The van der Waals surface area contributed by atoms with E-state index in [0.717, 1.165) is 29.2 Å². The molecule has 0 unspecified atom stereocenters. The second-order valence-corrected chi connectivity index (χ2v) is 6.40. The third-order valence-electron chi connectivity index (χ3n) is 4.73. The summed E-state index contributed by atoms with van der Waals surface area (Å²) in [5.74, 6) is -0.0334. The Morgan fingerprint density at radius 2 is 1.89 bits per heavy atom. The van der Waals surface area contributed by atoms with Crippen LogP contribution in [0.5, 0.6) is 0 Å². The molecule has 0 amide bonds. The number of esters is 1. The molecule has 0 atom stereocenters. The van der Waals surface area contributed by atoms with Crippen LogP contribution in [0.3, 0.4) is 0 Å². The second kappa shape index (κ2) is 7.03. The monoisotopic (exact) mass is 357 g/mol. The van der Waals surface area contributed by atoms with Crippen LogP contribution in [-0.4, -0.2) is 23.0 Å². The number of fused-ring (bicyclic) bond motifs is 3. The van der Waals surface area contributed by atoms with Crippen LogP contribution in [0.4, 0.5) is 5.82 Å². The molecule has 0 aliphatic heterocycles. The van der Waals surface area contributed by atoms with E-state index in [-0.39, 0.29) is 0 Å². The van der Waals surface area contributed by atoms with Gasteiger partial charge in [0.25, 0.3) is 0 Å². The molecule has 4 rings (SSSR count). The number of benzene rings is 2. The van der Waals surface area contributed by atoms with Gasteiger partial charge in [-0.2, -0.15) is 0 Å². The third kappa shape index (κ3) is 3.19. The summed E-state index contributed by atoms with van der Waals surface area (Å²) in [4.78, 5) is 20.7. The Morgan fingerprint density at radius 3 is 2.67 bits per heavy atom. The van der Waals surface area contributed by atoms with Crippen LogP contribution in [0.1, 0.15) is 21.5 Å².